The second kappa shape index (κ2) is 7.02. The standard InChI is InChI=1S/C22H18N2OS/c1-16-8-7-11-18(14-16)23-22(25)21-20(24-12-5-6-13-24)19(15-26-21)17-9-3-2-4-10-17/h2-15H,1H3,(H,23,25). The molecule has 0 bridgehead atoms. The molecule has 0 saturated carbocycles. The molecule has 2 heterocycles. The summed E-state index contributed by atoms with van der Waals surface area (Å²) < 4.78 is 2.00. The second-order valence-electron chi connectivity index (χ2n) is 6.11. The third-order valence-electron chi connectivity index (χ3n) is 4.19. The van der Waals surface area contributed by atoms with Gasteiger partial charge in [-0.3, -0.25) is 4.79 Å². The molecular formula is C22H18N2OS. The number of rotatable bonds is 4. The van der Waals surface area contributed by atoms with Gasteiger partial charge in [-0.2, -0.15) is 0 Å². The number of benzene rings is 2. The summed E-state index contributed by atoms with van der Waals surface area (Å²) in [6, 6.07) is 21.9. The number of amides is 1. The highest BCUT2D eigenvalue weighted by Gasteiger charge is 2.20. The van der Waals surface area contributed by atoms with E-state index in [1.807, 2.05) is 78.5 Å². The van der Waals surface area contributed by atoms with Crippen molar-refractivity contribution in [2.24, 2.45) is 0 Å². The molecule has 1 amide bonds. The number of anilines is 1. The number of hydrogen-bond acceptors (Lipinski definition) is 2. The zero-order valence-electron chi connectivity index (χ0n) is 14.3. The lowest BCUT2D eigenvalue weighted by Gasteiger charge is -2.10. The van der Waals surface area contributed by atoms with Crippen molar-refractivity contribution in [1.29, 1.82) is 0 Å². The van der Waals surface area contributed by atoms with Gasteiger partial charge in [0.15, 0.2) is 0 Å². The van der Waals surface area contributed by atoms with Gasteiger partial charge in [0, 0.05) is 29.0 Å². The average Bonchev–Trinajstić information content (AvgIpc) is 3.32. The summed E-state index contributed by atoms with van der Waals surface area (Å²) in [5, 5.41) is 5.08. The first-order chi connectivity index (χ1) is 12.7. The first-order valence-electron chi connectivity index (χ1n) is 8.40. The number of thiophene rings is 1. The van der Waals surface area contributed by atoms with Gasteiger partial charge in [0.05, 0.1) is 5.69 Å². The van der Waals surface area contributed by atoms with Crippen molar-refractivity contribution in [2.75, 3.05) is 5.32 Å². The van der Waals surface area contributed by atoms with E-state index >= 15 is 0 Å². The van der Waals surface area contributed by atoms with Crippen LogP contribution in [0.15, 0.2) is 84.5 Å². The van der Waals surface area contributed by atoms with Crippen LogP contribution in [-0.4, -0.2) is 10.5 Å². The first-order valence-corrected chi connectivity index (χ1v) is 9.28. The summed E-state index contributed by atoms with van der Waals surface area (Å²) in [5.41, 5.74) is 4.99. The Balaban J connectivity index is 1.77. The van der Waals surface area contributed by atoms with E-state index in [-0.39, 0.29) is 5.91 Å². The highest BCUT2D eigenvalue weighted by Crippen LogP contribution is 2.35. The molecule has 2 aromatic heterocycles. The van der Waals surface area contributed by atoms with Crippen LogP contribution < -0.4 is 5.32 Å². The lowest BCUT2D eigenvalue weighted by Crippen LogP contribution is -2.13. The number of aromatic nitrogens is 1. The molecule has 0 radical (unpaired) electrons. The average molecular weight is 358 g/mol. The van der Waals surface area contributed by atoms with E-state index in [2.05, 4.69) is 22.8 Å². The molecule has 2 aromatic carbocycles. The molecule has 0 aliphatic carbocycles. The number of nitrogens with zero attached hydrogens (tertiary/aromatic N) is 1. The van der Waals surface area contributed by atoms with E-state index in [0.29, 0.717) is 4.88 Å². The fraction of sp³-hybridized carbons (Fsp3) is 0.0455. The van der Waals surface area contributed by atoms with Gasteiger partial charge in [-0.05, 0) is 42.3 Å². The third-order valence-corrected chi connectivity index (χ3v) is 5.16. The van der Waals surface area contributed by atoms with Crippen molar-refractivity contribution < 1.29 is 4.79 Å². The summed E-state index contributed by atoms with van der Waals surface area (Å²) in [7, 11) is 0. The smallest absolute Gasteiger partial charge is 0.267 e. The van der Waals surface area contributed by atoms with Gasteiger partial charge in [0.1, 0.15) is 4.88 Å². The molecule has 1 N–H and O–H groups in total. The van der Waals surface area contributed by atoms with E-state index in [1.54, 1.807) is 0 Å². The fourth-order valence-corrected chi connectivity index (χ4v) is 3.95. The number of hydrogen-bond donors (Lipinski definition) is 1. The molecule has 0 fully saturated rings. The fourth-order valence-electron chi connectivity index (χ4n) is 2.99. The van der Waals surface area contributed by atoms with Crippen LogP contribution >= 0.6 is 11.3 Å². The maximum Gasteiger partial charge on any atom is 0.267 e. The lowest BCUT2D eigenvalue weighted by atomic mass is 10.1. The van der Waals surface area contributed by atoms with Crippen LogP contribution in [0.4, 0.5) is 5.69 Å². The molecule has 26 heavy (non-hydrogen) atoms. The van der Waals surface area contributed by atoms with Gasteiger partial charge in [-0.1, -0.05) is 42.5 Å². The maximum absolute atomic E-state index is 13.0. The van der Waals surface area contributed by atoms with Gasteiger partial charge in [0.25, 0.3) is 5.91 Å². The molecule has 3 nitrogen and oxygen atoms in total. The van der Waals surface area contributed by atoms with Gasteiger partial charge < -0.3 is 9.88 Å². The Kier molecular flexibility index (Phi) is 4.42. The Bertz CT molecular complexity index is 1030. The molecular weight excluding hydrogens is 340 g/mol. The molecule has 4 heteroatoms. The highest BCUT2D eigenvalue weighted by molar-refractivity contribution is 7.13. The van der Waals surface area contributed by atoms with Crippen molar-refractivity contribution in [1.82, 2.24) is 4.57 Å². The van der Waals surface area contributed by atoms with Gasteiger partial charge in [-0.15, -0.1) is 11.3 Å². The van der Waals surface area contributed by atoms with Crippen LogP contribution in [0, 0.1) is 6.92 Å². The van der Waals surface area contributed by atoms with E-state index in [4.69, 9.17) is 0 Å². The molecule has 0 unspecified atom stereocenters. The predicted octanol–water partition coefficient (Wildman–Crippen LogP) is 5.77. The molecule has 0 aliphatic heterocycles. The minimum atomic E-state index is -0.0912. The van der Waals surface area contributed by atoms with E-state index in [9.17, 15) is 4.79 Å². The maximum atomic E-state index is 13.0. The quantitative estimate of drug-likeness (QED) is 0.494. The Morgan fingerprint density at radius 3 is 2.46 bits per heavy atom. The van der Waals surface area contributed by atoms with E-state index in [0.717, 1.165) is 28.1 Å². The van der Waals surface area contributed by atoms with Crippen molar-refractivity contribution in [3.05, 3.63) is 94.9 Å². The SMILES string of the molecule is Cc1cccc(NC(=O)c2scc(-c3ccccc3)c2-n2cccc2)c1. The Hall–Kier alpha value is -3.11. The van der Waals surface area contributed by atoms with Crippen LogP contribution in [0.5, 0.6) is 0 Å². The summed E-state index contributed by atoms with van der Waals surface area (Å²) in [6.45, 7) is 2.01. The Morgan fingerprint density at radius 2 is 1.73 bits per heavy atom. The normalized spacial score (nSPS) is 10.7. The molecule has 0 spiro atoms. The van der Waals surface area contributed by atoms with Crippen LogP contribution in [-0.2, 0) is 0 Å². The van der Waals surface area contributed by atoms with E-state index < -0.39 is 0 Å². The van der Waals surface area contributed by atoms with Crippen LogP contribution in [0.3, 0.4) is 0 Å². The van der Waals surface area contributed by atoms with Crippen LogP contribution in [0.2, 0.25) is 0 Å². The minimum absolute atomic E-state index is 0.0912. The van der Waals surface area contributed by atoms with Gasteiger partial charge >= 0.3 is 0 Å². The van der Waals surface area contributed by atoms with Crippen molar-refractivity contribution >= 4 is 22.9 Å². The molecule has 4 aromatic rings. The summed E-state index contributed by atoms with van der Waals surface area (Å²) >= 11 is 1.47. The summed E-state index contributed by atoms with van der Waals surface area (Å²) in [4.78, 5) is 13.7. The predicted molar refractivity (Wildman–Crippen MR) is 108 cm³/mol. The summed E-state index contributed by atoms with van der Waals surface area (Å²) in [6.07, 6.45) is 3.94. The number of aryl methyl sites for hydroxylation is 1. The minimum Gasteiger partial charge on any atom is -0.322 e. The first kappa shape index (κ1) is 16.4. The van der Waals surface area contributed by atoms with E-state index in [1.165, 1.54) is 11.3 Å². The van der Waals surface area contributed by atoms with Crippen LogP contribution in [0.25, 0.3) is 16.8 Å². The third kappa shape index (κ3) is 3.19. The molecule has 128 valence electrons. The molecule has 4 rings (SSSR count). The highest BCUT2D eigenvalue weighted by atomic mass is 32.1. The Morgan fingerprint density at radius 1 is 0.962 bits per heavy atom. The molecule has 0 atom stereocenters. The zero-order valence-corrected chi connectivity index (χ0v) is 15.2. The lowest BCUT2D eigenvalue weighted by molar-refractivity contribution is 0.103. The molecule has 0 saturated heterocycles. The second-order valence-corrected chi connectivity index (χ2v) is 6.99. The monoisotopic (exact) mass is 358 g/mol. The summed E-state index contributed by atoms with van der Waals surface area (Å²) in [5.74, 6) is -0.0912. The topological polar surface area (TPSA) is 34.0 Å². The number of carbonyl (C=O) groups is 1. The zero-order chi connectivity index (χ0) is 17.9. The largest absolute Gasteiger partial charge is 0.322 e. The number of nitrogens with one attached hydrogen (secondary N) is 1. The van der Waals surface area contributed by atoms with Gasteiger partial charge in [-0.25, -0.2) is 0 Å². The Labute approximate surface area is 156 Å². The van der Waals surface area contributed by atoms with Crippen molar-refractivity contribution in [3.63, 3.8) is 0 Å². The van der Waals surface area contributed by atoms with Crippen molar-refractivity contribution in [2.45, 2.75) is 6.92 Å². The van der Waals surface area contributed by atoms with Crippen LogP contribution in [0.1, 0.15) is 15.2 Å². The number of carbonyl (C=O) groups excluding carboxylic acids is 1. The molecule has 0 aliphatic rings. The van der Waals surface area contributed by atoms with Crippen molar-refractivity contribution in [3.8, 4) is 16.8 Å². The van der Waals surface area contributed by atoms with Gasteiger partial charge in [0.2, 0.25) is 0 Å².